The highest BCUT2D eigenvalue weighted by molar-refractivity contribution is 5.84. The standard InChI is InChI=1S/C13H26N2O/c1-9(14)7-8-15(6)11(16)10-12(2,3)13(10,4)5/h9-10H,7-8,14H2,1-6H3. The minimum atomic E-state index is 0.132. The lowest BCUT2D eigenvalue weighted by molar-refractivity contribution is -0.132. The molecular formula is C13H26N2O. The summed E-state index contributed by atoms with van der Waals surface area (Å²) in [5, 5.41) is 0. The highest BCUT2D eigenvalue weighted by atomic mass is 16.2. The van der Waals surface area contributed by atoms with Gasteiger partial charge in [-0.25, -0.2) is 0 Å². The van der Waals surface area contributed by atoms with Gasteiger partial charge in [0.25, 0.3) is 0 Å². The molecule has 0 bridgehead atoms. The monoisotopic (exact) mass is 226 g/mol. The van der Waals surface area contributed by atoms with E-state index in [9.17, 15) is 4.79 Å². The van der Waals surface area contributed by atoms with E-state index in [1.54, 1.807) is 0 Å². The Labute approximate surface area is 99.4 Å². The van der Waals surface area contributed by atoms with Crippen molar-refractivity contribution in [3.63, 3.8) is 0 Å². The Morgan fingerprint density at radius 2 is 1.75 bits per heavy atom. The predicted octanol–water partition coefficient (Wildman–Crippen LogP) is 1.86. The van der Waals surface area contributed by atoms with Crippen molar-refractivity contribution in [1.29, 1.82) is 0 Å². The first-order chi connectivity index (χ1) is 7.12. The number of hydrogen-bond donors (Lipinski definition) is 1. The van der Waals surface area contributed by atoms with Gasteiger partial charge in [-0.3, -0.25) is 4.79 Å². The van der Waals surface area contributed by atoms with Crippen molar-refractivity contribution in [2.24, 2.45) is 22.5 Å². The van der Waals surface area contributed by atoms with Gasteiger partial charge in [-0.15, -0.1) is 0 Å². The molecule has 1 rings (SSSR count). The summed E-state index contributed by atoms with van der Waals surface area (Å²) in [6, 6.07) is 0.162. The summed E-state index contributed by atoms with van der Waals surface area (Å²) in [6.45, 7) is 11.4. The Morgan fingerprint density at radius 3 is 2.06 bits per heavy atom. The van der Waals surface area contributed by atoms with Crippen molar-refractivity contribution in [1.82, 2.24) is 4.90 Å². The van der Waals surface area contributed by atoms with Crippen LogP contribution in [0.2, 0.25) is 0 Å². The third-order valence-electron chi connectivity index (χ3n) is 4.56. The van der Waals surface area contributed by atoms with E-state index in [1.807, 2.05) is 18.9 Å². The van der Waals surface area contributed by atoms with E-state index in [2.05, 4.69) is 27.7 Å². The van der Waals surface area contributed by atoms with Gasteiger partial charge in [0.2, 0.25) is 5.91 Å². The molecule has 0 heterocycles. The molecule has 1 atom stereocenters. The van der Waals surface area contributed by atoms with E-state index in [0.29, 0.717) is 0 Å². The fourth-order valence-corrected chi connectivity index (χ4v) is 2.54. The molecule has 0 aliphatic heterocycles. The van der Waals surface area contributed by atoms with Crippen LogP contribution in [0.3, 0.4) is 0 Å². The van der Waals surface area contributed by atoms with Gasteiger partial charge < -0.3 is 10.6 Å². The summed E-state index contributed by atoms with van der Waals surface area (Å²) in [6.07, 6.45) is 0.871. The predicted molar refractivity (Wildman–Crippen MR) is 67.0 cm³/mol. The molecule has 1 amide bonds. The van der Waals surface area contributed by atoms with Crippen LogP contribution in [0.25, 0.3) is 0 Å². The quantitative estimate of drug-likeness (QED) is 0.795. The summed E-state index contributed by atoms with van der Waals surface area (Å²) in [7, 11) is 1.88. The number of carbonyl (C=O) groups is 1. The smallest absolute Gasteiger partial charge is 0.226 e. The molecule has 0 saturated heterocycles. The largest absolute Gasteiger partial charge is 0.345 e. The van der Waals surface area contributed by atoms with Gasteiger partial charge in [0.15, 0.2) is 0 Å². The van der Waals surface area contributed by atoms with Crippen molar-refractivity contribution in [3.05, 3.63) is 0 Å². The zero-order valence-electron chi connectivity index (χ0n) is 11.5. The number of nitrogens with two attached hydrogens (primary N) is 1. The van der Waals surface area contributed by atoms with Crippen LogP contribution in [0.5, 0.6) is 0 Å². The fraction of sp³-hybridized carbons (Fsp3) is 0.923. The molecule has 0 spiro atoms. The summed E-state index contributed by atoms with van der Waals surface area (Å²) >= 11 is 0. The Hall–Kier alpha value is -0.570. The van der Waals surface area contributed by atoms with Crippen LogP contribution >= 0.6 is 0 Å². The van der Waals surface area contributed by atoms with E-state index in [1.165, 1.54) is 0 Å². The molecule has 94 valence electrons. The molecule has 1 unspecified atom stereocenters. The molecule has 1 aliphatic carbocycles. The molecule has 1 saturated carbocycles. The van der Waals surface area contributed by atoms with Crippen molar-refractivity contribution in [2.45, 2.75) is 47.1 Å². The topological polar surface area (TPSA) is 46.3 Å². The van der Waals surface area contributed by atoms with Gasteiger partial charge in [0.05, 0.1) is 0 Å². The maximum atomic E-state index is 12.2. The van der Waals surface area contributed by atoms with Crippen LogP contribution in [0.15, 0.2) is 0 Å². The normalized spacial score (nSPS) is 23.9. The van der Waals surface area contributed by atoms with E-state index in [0.717, 1.165) is 13.0 Å². The Bertz CT molecular complexity index is 268. The molecule has 0 aromatic heterocycles. The van der Waals surface area contributed by atoms with Crippen LogP contribution < -0.4 is 5.73 Å². The second-order valence-electron chi connectivity index (χ2n) is 6.40. The van der Waals surface area contributed by atoms with Crippen molar-refractivity contribution in [2.75, 3.05) is 13.6 Å². The van der Waals surface area contributed by atoms with E-state index in [4.69, 9.17) is 5.73 Å². The first-order valence-corrected chi connectivity index (χ1v) is 6.13. The average Bonchev–Trinajstić information content (AvgIpc) is 2.52. The summed E-state index contributed by atoms with van der Waals surface area (Å²) in [5.41, 5.74) is 5.96. The third kappa shape index (κ3) is 2.10. The molecular weight excluding hydrogens is 200 g/mol. The Kier molecular flexibility index (Phi) is 3.39. The second kappa shape index (κ2) is 4.02. The lowest BCUT2D eigenvalue weighted by Crippen LogP contribution is -2.33. The zero-order valence-corrected chi connectivity index (χ0v) is 11.5. The van der Waals surface area contributed by atoms with E-state index in [-0.39, 0.29) is 28.7 Å². The molecule has 0 aromatic carbocycles. The molecule has 3 nitrogen and oxygen atoms in total. The van der Waals surface area contributed by atoms with Gasteiger partial charge in [-0.05, 0) is 24.2 Å². The lowest BCUT2D eigenvalue weighted by Gasteiger charge is -2.19. The first kappa shape index (κ1) is 13.5. The van der Waals surface area contributed by atoms with Crippen molar-refractivity contribution >= 4 is 5.91 Å². The maximum Gasteiger partial charge on any atom is 0.226 e. The van der Waals surface area contributed by atoms with Crippen LogP contribution in [0.1, 0.15) is 41.0 Å². The number of amides is 1. The fourth-order valence-electron chi connectivity index (χ4n) is 2.54. The van der Waals surface area contributed by atoms with Gasteiger partial charge in [0.1, 0.15) is 0 Å². The Morgan fingerprint density at radius 1 is 1.31 bits per heavy atom. The Balaban J connectivity index is 2.54. The number of carbonyl (C=O) groups excluding carboxylic acids is 1. The molecule has 1 fully saturated rings. The highest BCUT2D eigenvalue weighted by Crippen LogP contribution is 2.68. The molecule has 0 radical (unpaired) electrons. The van der Waals surface area contributed by atoms with E-state index >= 15 is 0 Å². The lowest BCUT2D eigenvalue weighted by atomic mass is 10.0. The van der Waals surface area contributed by atoms with Gasteiger partial charge in [-0.2, -0.15) is 0 Å². The number of hydrogen-bond acceptors (Lipinski definition) is 2. The summed E-state index contributed by atoms with van der Waals surface area (Å²) < 4.78 is 0. The van der Waals surface area contributed by atoms with Crippen LogP contribution in [0, 0.1) is 16.7 Å². The van der Waals surface area contributed by atoms with Crippen LogP contribution in [-0.4, -0.2) is 30.4 Å². The summed E-state index contributed by atoms with van der Waals surface area (Å²) in [5.74, 6) is 0.439. The van der Waals surface area contributed by atoms with Gasteiger partial charge in [-0.1, -0.05) is 27.7 Å². The average molecular weight is 226 g/mol. The minimum Gasteiger partial charge on any atom is -0.345 e. The van der Waals surface area contributed by atoms with Gasteiger partial charge >= 0.3 is 0 Å². The van der Waals surface area contributed by atoms with E-state index < -0.39 is 0 Å². The molecule has 16 heavy (non-hydrogen) atoms. The van der Waals surface area contributed by atoms with Crippen LogP contribution in [-0.2, 0) is 4.79 Å². The number of nitrogens with zero attached hydrogens (tertiary/aromatic N) is 1. The first-order valence-electron chi connectivity index (χ1n) is 6.13. The molecule has 2 N–H and O–H groups in total. The second-order valence-corrected chi connectivity index (χ2v) is 6.40. The van der Waals surface area contributed by atoms with Crippen LogP contribution in [0.4, 0.5) is 0 Å². The van der Waals surface area contributed by atoms with Crippen molar-refractivity contribution in [3.8, 4) is 0 Å². The van der Waals surface area contributed by atoms with Gasteiger partial charge in [0, 0.05) is 25.6 Å². The minimum absolute atomic E-state index is 0.132. The highest BCUT2D eigenvalue weighted by Gasteiger charge is 2.68. The summed E-state index contributed by atoms with van der Waals surface area (Å²) in [4.78, 5) is 14.1. The van der Waals surface area contributed by atoms with Crippen molar-refractivity contribution < 1.29 is 4.79 Å². The SMILES string of the molecule is CC(N)CCN(C)C(=O)C1C(C)(C)C1(C)C. The molecule has 1 aliphatic rings. The maximum absolute atomic E-state index is 12.2. The third-order valence-corrected chi connectivity index (χ3v) is 4.56. The molecule has 3 heteroatoms. The number of rotatable bonds is 4. The zero-order chi connectivity index (χ0) is 12.7. The molecule has 0 aromatic rings.